The predicted molar refractivity (Wildman–Crippen MR) is 101 cm³/mol. The summed E-state index contributed by atoms with van der Waals surface area (Å²) in [5.74, 6) is 0.0496. The van der Waals surface area contributed by atoms with Crippen molar-refractivity contribution in [3.8, 4) is 0 Å². The van der Waals surface area contributed by atoms with Gasteiger partial charge < -0.3 is 14.6 Å². The number of thioether (sulfide) groups is 1. The number of amides is 1. The summed E-state index contributed by atoms with van der Waals surface area (Å²) in [6.07, 6.45) is 4.07. The van der Waals surface area contributed by atoms with Crippen LogP contribution in [0.3, 0.4) is 0 Å². The Hall–Kier alpha value is -1.50. The Kier molecular flexibility index (Phi) is 5.81. The Morgan fingerprint density at radius 2 is 2.08 bits per heavy atom. The zero-order valence-electron chi connectivity index (χ0n) is 14.3. The van der Waals surface area contributed by atoms with E-state index in [1.807, 2.05) is 25.3 Å². The third-order valence-corrected chi connectivity index (χ3v) is 5.44. The van der Waals surface area contributed by atoms with E-state index in [4.69, 9.17) is 4.74 Å². The molecule has 130 valence electrons. The van der Waals surface area contributed by atoms with Gasteiger partial charge in [0.05, 0.1) is 18.5 Å². The van der Waals surface area contributed by atoms with Crippen molar-refractivity contribution in [2.75, 3.05) is 44.4 Å². The fraction of sp³-hybridized carbons (Fsp3) is 0.500. The first-order valence-corrected chi connectivity index (χ1v) is 9.69. The topological polar surface area (TPSA) is 46.5 Å². The van der Waals surface area contributed by atoms with Crippen LogP contribution in [-0.4, -0.2) is 59.7 Å². The molecule has 1 saturated heterocycles. The Morgan fingerprint density at radius 3 is 2.83 bits per heavy atom. The van der Waals surface area contributed by atoms with Crippen molar-refractivity contribution in [3.63, 3.8) is 0 Å². The summed E-state index contributed by atoms with van der Waals surface area (Å²) in [6, 6.07) is 8.24. The van der Waals surface area contributed by atoms with Crippen LogP contribution in [0.5, 0.6) is 0 Å². The highest BCUT2D eigenvalue weighted by atomic mass is 32.2. The molecule has 2 heterocycles. The summed E-state index contributed by atoms with van der Waals surface area (Å²) in [5, 5.41) is 4.10. The molecule has 1 aromatic heterocycles. The number of carbonyl (C=O) groups excluding carboxylic acids is 1. The highest BCUT2D eigenvalue weighted by molar-refractivity contribution is 7.99. The molecule has 1 amide bonds. The van der Waals surface area contributed by atoms with Crippen molar-refractivity contribution in [2.24, 2.45) is 0 Å². The molecule has 1 fully saturated rings. The van der Waals surface area contributed by atoms with Crippen LogP contribution in [0.15, 0.2) is 30.5 Å². The van der Waals surface area contributed by atoms with E-state index in [1.54, 1.807) is 11.8 Å². The van der Waals surface area contributed by atoms with Crippen LogP contribution in [-0.2, 0) is 16.1 Å². The Balaban J connectivity index is 1.65. The van der Waals surface area contributed by atoms with Crippen molar-refractivity contribution in [1.29, 1.82) is 0 Å². The second-order valence-corrected chi connectivity index (χ2v) is 7.28. The second-order valence-electron chi connectivity index (χ2n) is 6.10. The third-order valence-electron chi connectivity index (χ3n) is 4.52. The monoisotopic (exact) mass is 347 g/mol. The lowest BCUT2D eigenvalue weighted by Gasteiger charge is -2.26. The average molecular weight is 347 g/mol. The fourth-order valence-corrected chi connectivity index (χ4v) is 3.17. The van der Waals surface area contributed by atoms with Gasteiger partial charge in [-0.1, -0.05) is 0 Å². The number of hydrogen-bond acceptors (Lipinski definition) is 4. The molecule has 5 nitrogen and oxygen atoms in total. The minimum atomic E-state index is -0.0428. The van der Waals surface area contributed by atoms with E-state index >= 15 is 0 Å². The summed E-state index contributed by atoms with van der Waals surface area (Å²) in [7, 11) is 0. The third kappa shape index (κ3) is 4.12. The summed E-state index contributed by atoms with van der Waals surface area (Å²) in [6.45, 7) is 7.64. The van der Waals surface area contributed by atoms with Crippen LogP contribution in [0.1, 0.15) is 6.92 Å². The van der Waals surface area contributed by atoms with Crippen LogP contribution < -0.4 is 5.32 Å². The molecule has 6 heteroatoms. The maximum Gasteiger partial charge on any atom is 0.237 e. The number of nitrogens with zero attached hydrogens (tertiary/aromatic N) is 2. The van der Waals surface area contributed by atoms with Crippen LogP contribution in [0, 0.1) is 0 Å². The average Bonchev–Trinajstić information content (AvgIpc) is 3.02. The van der Waals surface area contributed by atoms with Gasteiger partial charge in [-0.05, 0) is 37.4 Å². The molecule has 1 atom stereocenters. The second kappa shape index (κ2) is 8.05. The van der Waals surface area contributed by atoms with E-state index in [0.29, 0.717) is 0 Å². The van der Waals surface area contributed by atoms with Crippen LogP contribution in [0.25, 0.3) is 10.9 Å². The number of ether oxygens (including phenoxy) is 1. The van der Waals surface area contributed by atoms with Crippen molar-refractivity contribution in [3.05, 3.63) is 30.5 Å². The molecule has 3 rings (SSSR count). The van der Waals surface area contributed by atoms with Gasteiger partial charge >= 0.3 is 0 Å². The Morgan fingerprint density at radius 1 is 1.29 bits per heavy atom. The van der Waals surface area contributed by atoms with Crippen LogP contribution in [0.4, 0.5) is 5.69 Å². The minimum Gasteiger partial charge on any atom is -0.379 e. The Labute approximate surface area is 147 Å². The molecule has 1 aliphatic heterocycles. The Bertz CT molecular complexity index is 695. The number of rotatable bonds is 6. The number of anilines is 1. The molecule has 0 aliphatic carbocycles. The molecule has 1 N–H and O–H groups in total. The molecule has 1 aliphatic rings. The van der Waals surface area contributed by atoms with E-state index < -0.39 is 0 Å². The zero-order valence-corrected chi connectivity index (χ0v) is 15.1. The van der Waals surface area contributed by atoms with Gasteiger partial charge in [-0.25, -0.2) is 0 Å². The molecule has 0 radical (unpaired) electrons. The number of morpholine rings is 1. The first-order chi connectivity index (χ1) is 11.7. The van der Waals surface area contributed by atoms with E-state index in [0.717, 1.165) is 50.5 Å². The van der Waals surface area contributed by atoms with Gasteiger partial charge in [-0.2, -0.15) is 11.8 Å². The van der Waals surface area contributed by atoms with Gasteiger partial charge in [-0.15, -0.1) is 0 Å². The standard InChI is InChI=1S/C18H25N3O2S/c1-14(24-2)18(22)19-16-3-4-17-15(13-16)5-6-21(17)8-7-20-9-11-23-12-10-20/h3-6,13-14H,7-12H2,1-2H3,(H,19,22). The first kappa shape index (κ1) is 17.3. The van der Waals surface area contributed by atoms with Gasteiger partial charge in [0.15, 0.2) is 0 Å². The largest absolute Gasteiger partial charge is 0.379 e. The summed E-state index contributed by atoms with van der Waals surface area (Å²) in [5.41, 5.74) is 2.07. The maximum absolute atomic E-state index is 12.0. The van der Waals surface area contributed by atoms with Crippen molar-refractivity contribution >= 4 is 34.3 Å². The van der Waals surface area contributed by atoms with Crippen LogP contribution >= 0.6 is 11.8 Å². The zero-order chi connectivity index (χ0) is 16.9. The van der Waals surface area contributed by atoms with Gasteiger partial charge in [-0.3, -0.25) is 9.69 Å². The maximum atomic E-state index is 12.0. The van der Waals surface area contributed by atoms with Crippen molar-refractivity contribution < 1.29 is 9.53 Å². The van der Waals surface area contributed by atoms with E-state index in [-0.39, 0.29) is 11.2 Å². The fourth-order valence-electron chi connectivity index (χ4n) is 2.90. The SMILES string of the molecule is CSC(C)C(=O)Nc1ccc2c(ccn2CCN2CCOCC2)c1. The molecule has 2 aromatic rings. The molecule has 1 aromatic carbocycles. The number of carbonyl (C=O) groups is 1. The molecular weight excluding hydrogens is 322 g/mol. The summed E-state index contributed by atoms with van der Waals surface area (Å²) >= 11 is 1.55. The number of aromatic nitrogens is 1. The lowest BCUT2D eigenvalue weighted by atomic mass is 10.2. The summed E-state index contributed by atoms with van der Waals surface area (Å²) < 4.78 is 7.67. The highest BCUT2D eigenvalue weighted by Crippen LogP contribution is 2.21. The molecule has 24 heavy (non-hydrogen) atoms. The van der Waals surface area contributed by atoms with E-state index in [9.17, 15) is 4.79 Å². The van der Waals surface area contributed by atoms with Gasteiger partial charge in [0.2, 0.25) is 5.91 Å². The summed E-state index contributed by atoms with van der Waals surface area (Å²) in [4.78, 5) is 14.4. The smallest absolute Gasteiger partial charge is 0.237 e. The molecule has 0 saturated carbocycles. The number of nitrogens with one attached hydrogen (secondary N) is 1. The van der Waals surface area contributed by atoms with Crippen LogP contribution in [0.2, 0.25) is 0 Å². The number of fused-ring (bicyclic) bond motifs is 1. The first-order valence-electron chi connectivity index (χ1n) is 8.40. The molecule has 0 spiro atoms. The predicted octanol–water partition coefficient (Wildman–Crippen LogP) is 2.66. The lowest BCUT2D eigenvalue weighted by Crippen LogP contribution is -2.38. The van der Waals surface area contributed by atoms with Gasteiger partial charge in [0.1, 0.15) is 0 Å². The minimum absolute atomic E-state index is 0.0428. The van der Waals surface area contributed by atoms with Crippen molar-refractivity contribution in [1.82, 2.24) is 9.47 Å². The highest BCUT2D eigenvalue weighted by Gasteiger charge is 2.13. The van der Waals surface area contributed by atoms with E-state index in [1.165, 1.54) is 5.52 Å². The normalized spacial score (nSPS) is 17.1. The van der Waals surface area contributed by atoms with Gasteiger partial charge in [0, 0.05) is 49.0 Å². The number of benzene rings is 1. The van der Waals surface area contributed by atoms with E-state index in [2.05, 4.69) is 33.1 Å². The molecule has 1 unspecified atom stereocenters. The quantitative estimate of drug-likeness (QED) is 0.873. The molecular formula is C18H25N3O2S. The lowest BCUT2D eigenvalue weighted by molar-refractivity contribution is -0.115. The number of hydrogen-bond donors (Lipinski definition) is 1. The molecule has 0 bridgehead atoms. The van der Waals surface area contributed by atoms with Crippen molar-refractivity contribution in [2.45, 2.75) is 18.7 Å². The van der Waals surface area contributed by atoms with Gasteiger partial charge in [0.25, 0.3) is 0 Å².